The van der Waals surface area contributed by atoms with Gasteiger partial charge in [-0.2, -0.15) is 0 Å². The Morgan fingerprint density at radius 2 is 1.96 bits per heavy atom. The molecular weight excluding hydrogens is 330 g/mol. The summed E-state index contributed by atoms with van der Waals surface area (Å²) < 4.78 is 16.2. The lowest BCUT2D eigenvalue weighted by Gasteiger charge is -2.18. The van der Waals surface area contributed by atoms with Gasteiger partial charge < -0.3 is 19.3 Å². The first kappa shape index (κ1) is 15.3. The molecule has 1 heterocycles. The molecule has 0 bridgehead atoms. The quantitative estimate of drug-likeness (QED) is 0.492. The average Bonchev–Trinajstić information content (AvgIpc) is 3.07. The Bertz CT molecular complexity index is 1030. The van der Waals surface area contributed by atoms with Crippen LogP contribution in [0.15, 0.2) is 30.3 Å². The average molecular weight is 343 g/mol. The molecule has 0 amide bonds. The molecule has 0 saturated carbocycles. The van der Waals surface area contributed by atoms with E-state index in [0.717, 1.165) is 0 Å². The predicted octanol–water partition coefficient (Wildman–Crippen LogP) is 3.01. The fraction of sp³-hybridized carbons (Fsp3) is 0.118. The van der Waals surface area contributed by atoms with Gasteiger partial charge in [-0.15, -0.1) is 5.23 Å². The third kappa shape index (κ3) is 2.12. The molecule has 128 valence electrons. The van der Waals surface area contributed by atoms with Crippen LogP contribution in [-0.2, 0) is 0 Å². The number of hydrogen-bond donors (Lipinski definition) is 3. The summed E-state index contributed by atoms with van der Waals surface area (Å²) in [6.07, 6.45) is 0. The Morgan fingerprint density at radius 1 is 1.16 bits per heavy atom. The lowest BCUT2D eigenvalue weighted by atomic mass is 9.95. The van der Waals surface area contributed by atoms with E-state index in [-0.39, 0.29) is 34.4 Å². The van der Waals surface area contributed by atoms with Gasteiger partial charge in [0.1, 0.15) is 11.4 Å². The summed E-state index contributed by atoms with van der Waals surface area (Å²) in [5, 5.41) is 30.6. The summed E-state index contributed by atoms with van der Waals surface area (Å²) in [7, 11) is 1.49. The summed E-state index contributed by atoms with van der Waals surface area (Å²) in [5.74, 6) is -0.0971. The van der Waals surface area contributed by atoms with E-state index in [9.17, 15) is 20.3 Å². The van der Waals surface area contributed by atoms with Gasteiger partial charge >= 0.3 is 5.97 Å². The molecule has 0 unspecified atom stereocenters. The van der Waals surface area contributed by atoms with Gasteiger partial charge in [0.25, 0.3) is 0 Å². The topological polar surface area (TPSA) is 109 Å². The van der Waals surface area contributed by atoms with Gasteiger partial charge in [-0.3, -0.25) is 10.4 Å². The van der Waals surface area contributed by atoms with E-state index in [1.54, 1.807) is 18.2 Å². The van der Waals surface area contributed by atoms with Crippen molar-refractivity contribution >= 4 is 33.2 Å². The van der Waals surface area contributed by atoms with Crippen LogP contribution >= 0.6 is 0 Å². The number of fused-ring (bicyclic) bond motifs is 5. The Kier molecular flexibility index (Phi) is 3.31. The van der Waals surface area contributed by atoms with Crippen molar-refractivity contribution in [1.29, 1.82) is 0 Å². The molecule has 3 aromatic rings. The van der Waals surface area contributed by atoms with Gasteiger partial charge in [-0.25, -0.2) is 4.79 Å². The third-order valence-electron chi connectivity index (χ3n) is 4.20. The minimum atomic E-state index is -1.23. The second-order valence-electron chi connectivity index (χ2n) is 5.45. The summed E-state index contributed by atoms with van der Waals surface area (Å²) in [5.41, 5.74) is -0.241. The van der Waals surface area contributed by atoms with E-state index in [4.69, 9.17) is 14.2 Å². The van der Waals surface area contributed by atoms with Crippen molar-refractivity contribution in [2.24, 2.45) is 0 Å². The Labute approximate surface area is 140 Å². The van der Waals surface area contributed by atoms with Crippen LogP contribution in [0.3, 0.4) is 0 Å². The SMILES string of the molecule is COc1cccc2c1cc(N(O)O)c1c(C(=O)O)cc3c(c12)OCO3. The number of carboxylic acids is 1. The molecule has 3 N–H and O–H groups in total. The van der Waals surface area contributed by atoms with Gasteiger partial charge in [0.15, 0.2) is 11.5 Å². The van der Waals surface area contributed by atoms with Crippen molar-refractivity contribution in [3.63, 3.8) is 0 Å². The van der Waals surface area contributed by atoms with E-state index in [1.807, 2.05) is 0 Å². The van der Waals surface area contributed by atoms with Gasteiger partial charge in [0, 0.05) is 16.2 Å². The number of aromatic carboxylic acids is 1. The van der Waals surface area contributed by atoms with Crippen LogP contribution in [-0.4, -0.2) is 35.4 Å². The number of nitrogens with zero attached hydrogens (tertiary/aromatic N) is 1. The highest BCUT2D eigenvalue weighted by Crippen LogP contribution is 2.48. The van der Waals surface area contributed by atoms with Gasteiger partial charge in [-0.05, 0) is 23.6 Å². The molecule has 1 aliphatic heterocycles. The lowest BCUT2D eigenvalue weighted by Crippen LogP contribution is -2.13. The predicted molar refractivity (Wildman–Crippen MR) is 87.1 cm³/mol. The number of anilines is 1. The van der Waals surface area contributed by atoms with Crippen LogP contribution in [0.25, 0.3) is 21.5 Å². The van der Waals surface area contributed by atoms with E-state index >= 15 is 0 Å². The fourth-order valence-corrected chi connectivity index (χ4v) is 3.19. The zero-order valence-electron chi connectivity index (χ0n) is 13.0. The Hall–Kier alpha value is -3.23. The van der Waals surface area contributed by atoms with Crippen LogP contribution in [0.2, 0.25) is 0 Å². The molecule has 1 aliphatic rings. The lowest BCUT2D eigenvalue weighted by molar-refractivity contribution is 0.0300. The van der Waals surface area contributed by atoms with Crippen LogP contribution < -0.4 is 19.4 Å². The first-order valence-electron chi connectivity index (χ1n) is 7.30. The van der Waals surface area contributed by atoms with Crippen LogP contribution in [0.1, 0.15) is 10.4 Å². The minimum Gasteiger partial charge on any atom is -0.496 e. The highest BCUT2D eigenvalue weighted by molar-refractivity contribution is 6.22. The molecule has 0 aromatic heterocycles. The second kappa shape index (κ2) is 5.40. The van der Waals surface area contributed by atoms with Crippen molar-refractivity contribution < 1.29 is 34.5 Å². The van der Waals surface area contributed by atoms with Crippen molar-refractivity contribution in [2.75, 3.05) is 19.1 Å². The maximum atomic E-state index is 11.7. The van der Waals surface area contributed by atoms with Crippen LogP contribution in [0, 0.1) is 0 Å². The van der Waals surface area contributed by atoms with Crippen molar-refractivity contribution in [1.82, 2.24) is 0 Å². The van der Waals surface area contributed by atoms with Gasteiger partial charge in [-0.1, -0.05) is 12.1 Å². The molecule has 4 rings (SSSR count). The number of carboxylic acid groups (broad SMARTS) is 1. The summed E-state index contributed by atoms with van der Waals surface area (Å²) in [6.45, 7) is -0.0504. The number of benzene rings is 3. The van der Waals surface area contributed by atoms with E-state index in [2.05, 4.69) is 0 Å². The molecule has 0 fully saturated rings. The Morgan fingerprint density at radius 3 is 2.64 bits per heavy atom. The number of carbonyl (C=O) groups is 1. The molecule has 0 saturated heterocycles. The molecule has 8 heteroatoms. The van der Waals surface area contributed by atoms with Crippen LogP contribution in [0.4, 0.5) is 5.69 Å². The van der Waals surface area contributed by atoms with Crippen molar-refractivity contribution in [2.45, 2.75) is 0 Å². The first-order chi connectivity index (χ1) is 12.0. The van der Waals surface area contributed by atoms with E-state index in [0.29, 0.717) is 27.7 Å². The molecular formula is C17H13NO7. The van der Waals surface area contributed by atoms with Crippen LogP contribution in [0.5, 0.6) is 17.2 Å². The normalized spacial score (nSPS) is 12.6. The number of rotatable bonds is 3. The third-order valence-corrected chi connectivity index (χ3v) is 4.20. The summed E-state index contributed by atoms with van der Waals surface area (Å²) in [4.78, 5) is 11.7. The zero-order chi connectivity index (χ0) is 17.7. The zero-order valence-corrected chi connectivity index (χ0v) is 13.0. The van der Waals surface area contributed by atoms with Gasteiger partial charge in [0.05, 0.1) is 12.7 Å². The number of methoxy groups -OCH3 is 1. The van der Waals surface area contributed by atoms with Gasteiger partial charge in [0.2, 0.25) is 6.79 Å². The molecule has 3 aromatic carbocycles. The summed E-state index contributed by atoms with van der Waals surface area (Å²) >= 11 is 0. The van der Waals surface area contributed by atoms with Crippen molar-refractivity contribution in [3.8, 4) is 17.2 Å². The smallest absolute Gasteiger partial charge is 0.336 e. The molecule has 0 atom stereocenters. The number of ether oxygens (including phenoxy) is 3. The first-order valence-corrected chi connectivity index (χ1v) is 7.30. The van der Waals surface area contributed by atoms with E-state index < -0.39 is 5.97 Å². The summed E-state index contributed by atoms with van der Waals surface area (Å²) in [6, 6.07) is 8.01. The molecule has 8 nitrogen and oxygen atoms in total. The van der Waals surface area contributed by atoms with E-state index in [1.165, 1.54) is 19.2 Å². The monoisotopic (exact) mass is 343 g/mol. The largest absolute Gasteiger partial charge is 0.496 e. The molecule has 0 radical (unpaired) electrons. The number of hydrogen-bond acceptors (Lipinski definition) is 7. The second-order valence-corrected chi connectivity index (χ2v) is 5.45. The standard InChI is InChI=1S/C17H13NO7/c1-23-12-4-2-3-8-9(12)5-11(18(21)22)14-10(17(19)20)6-13-16(15(8)14)25-7-24-13/h2-6,21-22H,7H2,1H3,(H,19,20). The maximum Gasteiger partial charge on any atom is 0.336 e. The molecule has 25 heavy (non-hydrogen) atoms. The minimum absolute atomic E-state index is 0.0504. The molecule has 0 spiro atoms. The van der Waals surface area contributed by atoms with Crippen molar-refractivity contribution in [3.05, 3.63) is 35.9 Å². The highest BCUT2D eigenvalue weighted by atomic mass is 16.8. The Balaban J connectivity index is 2.31. The fourth-order valence-electron chi connectivity index (χ4n) is 3.19. The highest BCUT2D eigenvalue weighted by Gasteiger charge is 2.27. The molecule has 0 aliphatic carbocycles. The maximum absolute atomic E-state index is 11.7.